The Labute approximate surface area is 114 Å². The predicted octanol–water partition coefficient (Wildman–Crippen LogP) is 2.83. The van der Waals surface area contributed by atoms with Crippen LogP contribution >= 0.6 is 27.3 Å². The van der Waals surface area contributed by atoms with Gasteiger partial charge in [-0.25, -0.2) is 0 Å². The van der Waals surface area contributed by atoms with Gasteiger partial charge in [0.15, 0.2) is 0 Å². The maximum absolute atomic E-state index is 11.8. The van der Waals surface area contributed by atoms with Crippen LogP contribution in [0.25, 0.3) is 0 Å². The number of halogens is 1. The molecule has 1 heterocycles. The first-order chi connectivity index (χ1) is 8.06. The summed E-state index contributed by atoms with van der Waals surface area (Å²) >= 11 is 5.14. The van der Waals surface area contributed by atoms with E-state index >= 15 is 0 Å². The van der Waals surface area contributed by atoms with E-state index in [4.69, 9.17) is 0 Å². The Kier molecular flexibility index (Phi) is 4.22. The van der Waals surface area contributed by atoms with Crippen molar-refractivity contribution in [2.24, 2.45) is 0 Å². The normalized spacial score (nSPS) is 18.8. The Morgan fingerprint density at radius 3 is 2.76 bits per heavy atom. The van der Waals surface area contributed by atoms with Gasteiger partial charge >= 0.3 is 0 Å². The molecule has 17 heavy (non-hydrogen) atoms. The lowest BCUT2D eigenvalue weighted by atomic mass is 10.2. The SMILES string of the molecule is CC(NC(C)c1cc(Br)cs1)C(=O)NC1CC1. The zero-order valence-corrected chi connectivity index (χ0v) is 12.4. The van der Waals surface area contributed by atoms with Crippen molar-refractivity contribution < 1.29 is 4.79 Å². The van der Waals surface area contributed by atoms with E-state index in [1.54, 1.807) is 11.3 Å². The summed E-state index contributed by atoms with van der Waals surface area (Å²) in [6.07, 6.45) is 2.26. The van der Waals surface area contributed by atoms with Gasteiger partial charge in [-0.3, -0.25) is 10.1 Å². The number of nitrogens with one attached hydrogen (secondary N) is 2. The summed E-state index contributed by atoms with van der Waals surface area (Å²) in [6.45, 7) is 4.00. The molecule has 0 aromatic carbocycles. The third-order valence-corrected chi connectivity index (χ3v) is 4.71. The molecular formula is C12H17BrN2OS. The highest BCUT2D eigenvalue weighted by atomic mass is 79.9. The van der Waals surface area contributed by atoms with Crippen molar-refractivity contribution in [3.63, 3.8) is 0 Å². The minimum atomic E-state index is -0.147. The van der Waals surface area contributed by atoms with Crippen LogP contribution in [0.2, 0.25) is 0 Å². The maximum Gasteiger partial charge on any atom is 0.237 e. The van der Waals surface area contributed by atoms with Crippen LogP contribution in [0.3, 0.4) is 0 Å². The van der Waals surface area contributed by atoms with Gasteiger partial charge in [-0.05, 0) is 48.7 Å². The van der Waals surface area contributed by atoms with E-state index in [1.807, 2.05) is 6.92 Å². The molecule has 2 unspecified atom stereocenters. The predicted molar refractivity (Wildman–Crippen MR) is 74.2 cm³/mol. The summed E-state index contributed by atoms with van der Waals surface area (Å²) in [7, 11) is 0. The number of amides is 1. The van der Waals surface area contributed by atoms with Crippen LogP contribution in [0, 0.1) is 0 Å². The zero-order chi connectivity index (χ0) is 12.4. The number of thiophene rings is 1. The highest BCUT2D eigenvalue weighted by Crippen LogP contribution is 2.25. The average Bonchev–Trinajstić information content (AvgIpc) is 2.97. The van der Waals surface area contributed by atoms with Crippen molar-refractivity contribution in [2.75, 3.05) is 0 Å². The third-order valence-electron chi connectivity index (χ3n) is 2.83. The van der Waals surface area contributed by atoms with Gasteiger partial charge in [0, 0.05) is 26.8 Å². The van der Waals surface area contributed by atoms with Crippen LogP contribution in [0.5, 0.6) is 0 Å². The van der Waals surface area contributed by atoms with Crippen LogP contribution in [-0.4, -0.2) is 18.0 Å². The molecule has 1 fully saturated rings. The fraction of sp³-hybridized carbons (Fsp3) is 0.583. The molecule has 0 bridgehead atoms. The minimum Gasteiger partial charge on any atom is -0.352 e. The Morgan fingerprint density at radius 2 is 2.24 bits per heavy atom. The number of carbonyl (C=O) groups is 1. The fourth-order valence-corrected chi connectivity index (χ4v) is 3.10. The lowest BCUT2D eigenvalue weighted by Crippen LogP contribution is -2.43. The van der Waals surface area contributed by atoms with Gasteiger partial charge in [-0.15, -0.1) is 11.3 Å². The topological polar surface area (TPSA) is 41.1 Å². The van der Waals surface area contributed by atoms with Gasteiger partial charge in [0.05, 0.1) is 6.04 Å². The van der Waals surface area contributed by atoms with E-state index in [1.165, 1.54) is 4.88 Å². The lowest BCUT2D eigenvalue weighted by Gasteiger charge is -2.18. The molecule has 2 N–H and O–H groups in total. The largest absolute Gasteiger partial charge is 0.352 e. The quantitative estimate of drug-likeness (QED) is 0.877. The molecule has 1 aliphatic rings. The maximum atomic E-state index is 11.8. The van der Waals surface area contributed by atoms with E-state index in [0.29, 0.717) is 6.04 Å². The second-order valence-corrected chi connectivity index (χ2v) is 6.42. The van der Waals surface area contributed by atoms with Gasteiger partial charge in [-0.1, -0.05) is 0 Å². The van der Waals surface area contributed by atoms with Gasteiger partial charge in [0.1, 0.15) is 0 Å². The molecule has 5 heteroatoms. The van der Waals surface area contributed by atoms with E-state index < -0.39 is 0 Å². The molecule has 0 spiro atoms. The molecule has 0 aliphatic heterocycles. The van der Waals surface area contributed by atoms with E-state index in [2.05, 4.69) is 44.9 Å². The molecule has 3 nitrogen and oxygen atoms in total. The van der Waals surface area contributed by atoms with Crippen LogP contribution in [0.4, 0.5) is 0 Å². The summed E-state index contributed by atoms with van der Waals surface area (Å²) in [5.74, 6) is 0.106. The highest BCUT2D eigenvalue weighted by molar-refractivity contribution is 9.10. The van der Waals surface area contributed by atoms with Gasteiger partial charge in [-0.2, -0.15) is 0 Å². The van der Waals surface area contributed by atoms with E-state index in [-0.39, 0.29) is 18.0 Å². The summed E-state index contributed by atoms with van der Waals surface area (Å²) < 4.78 is 1.10. The first-order valence-electron chi connectivity index (χ1n) is 5.86. The summed E-state index contributed by atoms with van der Waals surface area (Å²) in [4.78, 5) is 13.0. The fourth-order valence-electron chi connectivity index (χ4n) is 1.64. The Bertz CT molecular complexity index is 403. The molecule has 1 aromatic rings. The number of hydrogen-bond donors (Lipinski definition) is 2. The monoisotopic (exact) mass is 316 g/mol. The van der Waals surface area contributed by atoms with Crippen molar-refractivity contribution in [1.29, 1.82) is 0 Å². The van der Waals surface area contributed by atoms with Crippen molar-refractivity contribution in [2.45, 2.75) is 44.8 Å². The standard InChI is InChI=1S/C12H17BrN2OS/c1-7(11-5-9(13)6-17-11)14-8(2)12(16)15-10-3-4-10/h5-8,10,14H,3-4H2,1-2H3,(H,15,16). The van der Waals surface area contributed by atoms with Crippen molar-refractivity contribution in [3.05, 3.63) is 20.8 Å². The smallest absolute Gasteiger partial charge is 0.237 e. The lowest BCUT2D eigenvalue weighted by molar-refractivity contribution is -0.123. The van der Waals surface area contributed by atoms with Crippen molar-refractivity contribution in [1.82, 2.24) is 10.6 Å². The molecule has 0 radical (unpaired) electrons. The van der Waals surface area contributed by atoms with E-state index in [9.17, 15) is 4.79 Å². The van der Waals surface area contributed by atoms with Crippen molar-refractivity contribution >= 4 is 33.2 Å². The van der Waals surface area contributed by atoms with E-state index in [0.717, 1.165) is 17.3 Å². The summed E-state index contributed by atoms with van der Waals surface area (Å²) in [5.41, 5.74) is 0. The van der Waals surface area contributed by atoms with Gasteiger partial charge < -0.3 is 5.32 Å². The Morgan fingerprint density at radius 1 is 1.53 bits per heavy atom. The number of carbonyl (C=O) groups excluding carboxylic acids is 1. The van der Waals surface area contributed by atoms with Crippen molar-refractivity contribution in [3.8, 4) is 0 Å². The molecule has 1 aromatic heterocycles. The van der Waals surface area contributed by atoms with Crippen LogP contribution in [0.1, 0.15) is 37.6 Å². The molecular weight excluding hydrogens is 300 g/mol. The van der Waals surface area contributed by atoms with Gasteiger partial charge in [0.25, 0.3) is 0 Å². The molecule has 94 valence electrons. The minimum absolute atomic E-state index is 0.106. The third kappa shape index (κ3) is 3.79. The molecule has 2 atom stereocenters. The van der Waals surface area contributed by atoms with Gasteiger partial charge in [0.2, 0.25) is 5.91 Å². The van der Waals surface area contributed by atoms with Crippen LogP contribution < -0.4 is 10.6 Å². The molecule has 1 aliphatic carbocycles. The second-order valence-electron chi connectivity index (χ2n) is 4.56. The average molecular weight is 317 g/mol. The Balaban J connectivity index is 1.84. The number of rotatable bonds is 5. The molecule has 2 rings (SSSR count). The van der Waals surface area contributed by atoms with Crippen LogP contribution in [-0.2, 0) is 4.79 Å². The second kappa shape index (κ2) is 5.50. The first-order valence-corrected chi connectivity index (χ1v) is 7.54. The first kappa shape index (κ1) is 13.1. The Hall–Kier alpha value is -0.390. The molecule has 0 saturated heterocycles. The molecule has 1 amide bonds. The highest BCUT2D eigenvalue weighted by Gasteiger charge is 2.26. The zero-order valence-electron chi connectivity index (χ0n) is 10.00. The number of hydrogen-bond acceptors (Lipinski definition) is 3. The summed E-state index contributed by atoms with van der Waals surface area (Å²) in [5, 5.41) is 8.39. The molecule has 1 saturated carbocycles. The van der Waals surface area contributed by atoms with Crippen LogP contribution in [0.15, 0.2) is 15.9 Å². The summed E-state index contributed by atoms with van der Waals surface area (Å²) in [6, 6.07) is 2.57.